The molecule has 1 amide bonds. The van der Waals surface area contributed by atoms with Crippen LogP contribution in [0.3, 0.4) is 0 Å². The van der Waals surface area contributed by atoms with Crippen molar-refractivity contribution in [3.05, 3.63) is 52.0 Å². The molecular weight excluding hydrogens is 304 g/mol. The highest BCUT2D eigenvalue weighted by Crippen LogP contribution is 2.14. The van der Waals surface area contributed by atoms with Crippen molar-refractivity contribution in [2.45, 2.75) is 6.42 Å². The number of carbonyl (C=O) groups excluding carboxylic acids is 1. The number of aliphatic carboxylic acids is 1. The van der Waals surface area contributed by atoms with E-state index in [0.717, 1.165) is 10.6 Å². The van der Waals surface area contributed by atoms with Gasteiger partial charge in [-0.1, -0.05) is 30.3 Å². The number of ether oxygens (including phenoxy) is 1. The summed E-state index contributed by atoms with van der Waals surface area (Å²) in [5.74, 6) is -1.31. The summed E-state index contributed by atoms with van der Waals surface area (Å²) >= 11 is 1.44. The molecule has 0 atom stereocenters. The number of benzene rings is 1. The summed E-state index contributed by atoms with van der Waals surface area (Å²) in [6, 6.07) is 9.92. The maximum atomic E-state index is 11.9. The lowest BCUT2D eigenvalue weighted by atomic mass is 10.2. The number of carboxylic acids is 1. The van der Waals surface area contributed by atoms with Crippen molar-refractivity contribution in [3.8, 4) is 0 Å². The molecule has 2 N–H and O–H groups in total. The minimum atomic E-state index is -1.03. The maximum Gasteiger partial charge on any atom is 0.329 e. The Morgan fingerprint density at radius 1 is 1.27 bits per heavy atom. The van der Waals surface area contributed by atoms with E-state index in [1.165, 1.54) is 11.3 Å². The Kier molecular flexibility index (Phi) is 6.05. The predicted molar refractivity (Wildman–Crippen MR) is 82.2 cm³/mol. The number of aromatic nitrogens is 1. The number of nitrogens with zero attached hydrogens (tertiary/aromatic N) is 1. The van der Waals surface area contributed by atoms with Crippen LogP contribution in [-0.4, -0.2) is 41.7 Å². The van der Waals surface area contributed by atoms with Gasteiger partial charge in [-0.15, -0.1) is 11.3 Å². The van der Waals surface area contributed by atoms with Crippen molar-refractivity contribution in [1.29, 1.82) is 0 Å². The minimum Gasteiger partial charge on any atom is -0.480 e. The molecule has 0 saturated carbocycles. The molecular formula is C15H16N2O4S. The third-order valence-electron chi connectivity index (χ3n) is 2.74. The van der Waals surface area contributed by atoms with Gasteiger partial charge in [0.25, 0.3) is 5.91 Å². The Balaban J connectivity index is 1.78. The number of amides is 1. The Hall–Kier alpha value is -2.25. The fourth-order valence-electron chi connectivity index (χ4n) is 1.75. The predicted octanol–water partition coefficient (Wildman–Crippen LogP) is 1.56. The number of carboxylic acid groups (broad SMARTS) is 1. The molecule has 0 radical (unpaired) electrons. The number of rotatable bonds is 8. The van der Waals surface area contributed by atoms with Gasteiger partial charge in [0.2, 0.25) is 0 Å². The molecule has 0 unspecified atom stereocenters. The van der Waals surface area contributed by atoms with Gasteiger partial charge in [0.05, 0.1) is 11.6 Å². The standard InChI is InChI=1S/C15H16N2O4S/c18-14(19)9-21-7-6-16-15(20)12-10-22-13(17-12)8-11-4-2-1-3-5-11/h1-5,10H,6-9H2,(H,16,20)(H,18,19). The van der Waals surface area contributed by atoms with E-state index in [2.05, 4.69) is 10.3 Å². The summed E-state index contributed by atoms with van der Waals surface area (Å²) in [5, 5.41) is 13.6. The monoisotopic (exact) mass is 320 g/mol. The van der Waals surface area contributed by atoms with Gasteiger partial charge in [0.1, 0.15) is 12.3 Å². The lowest BCUT2D eigenvalue weighted by Gasteiger charge is -2.03. The lowest BCUT2D eigenvalue weighted by Crippen LogP contribution is -2.28. The molecule has 1 aromatic heterocycles. The van der Waals surface area contributed by atoms with E-state index >= 15 is 0 Å². The zero-order valence-electron chi connectivity index (χ0n) is 11.8. The van der Waals surface area contributed by atoms with Gasteiger partial charge in [-0.3, -0.25) is 4.79 Å². The normalized spacial score (nSPS) is 10.4. The molecule has 0 aliphatic carbocycles. The van der Waals surface area contributed by atoms with Crippen LogP contribution in [-0.2, 0) is 16.0 Å². The summed E-state index contributed by atoms with van der Waals surface area (Å²) in [5.41, 5.74) is 1.51. The topological polar surface area (TPSA) is 88.5 Å². The molecule has 7 heteroatoms. The van der Waals surface area contributed by atoms with Crippen LogP contribution in [0.2, 0.25) is 0 Å². The molecule has 2 rings (SSSR count). The number of hydrogen-bond acceptors (Lipinski definition) is 5. The first-order valence-electron chi connectivity index (χ1n) is 6.71. The van der Waals surface area contributed by atoms with Gasteiger partial charge in [-0.25, -0.2) is 9.78 Å². The van der Waals surface area contributed by atoms with Crippen LogP contribution in [0.25, 0.3) is 0 Å². The first kappa shape index (κ1) is 16.1. The van der Waals surface area contributed by atoms with E-state index in [0.29, 0.717) is 12.1 Å². The van der Waals surface area contributed by atoms with E-state index in [9.17, 15) is 9.59 Å². The second kappa shape index (κ2) is 8.26. The van der Waals surface area contributed by atoms with Crippen molar-refractivity contribution in [1.82, 2.24) is 10.3 Å². The van der Waals surface area contributed by atoms with Crippen molar-refractivity contribution < 1.29 is 19.4 Å². The van der Waals surface area contributed by atoms with Crippen LogP contribution in [0.15, 0.2) is 35.7 Å². The highest BCUT2D eigenvalue weighted by molar-refractivity contribution is 7.09. The second-order valence-corrected chi connectivity index (χ2v) is 5.43. The highest BCUT2D eigenvalue weighted by Gasteiger charge is 2.10. The summed E-state index contributed by atoms with van der Waals surface area (Å²) in [6.45, 7) is 0.0322. The van der Waals surface area contributed by atoms with Crippen molar-refractivity contribution >= 4 is 23.2 Å². The fourth-order valence-corrected chi connectivity index (χ4v) is 2.56. The van der Waals surface area contributed by atoms with E-state index in [4.69, 9.17) is 9.84 Å². The quantitative estimate of drug-likeness (QED) is 0.721. The molecule has 0 spiro atoms. The minimum absolute atomic E-state index is 0.152. The molecule has 6 nitrogen and oxygen atoms in total. The molecule has 0 aliphatic rings. The van der Waals surface area contributed by atoms with Crippen LogP contribution in [0.5, 0.6) is 0 Å². The highest BCUT2D eigenvalue weighted by atomic mass is 32.1. The third-order valence-corrected chi connectivity index (χ3v) is 3.59. The van der Waals surface area contributed by atoms with Crippen molar-refractivity contribution in [2.75, 3.05) is 19.8 Å². The van der Waals surface area contributed by atoms with Gasteiger partial charge in [0, 0.05) is 18.3 Å². The van der Waals surface area contributed by atoms with Gasteiger partial charge < -0.3 is 15.2 Å². The van der Waals surface area contributed by atoms with Gasteiger partial charge in [-0.05, 0) is 5.56 Å². The number of hydrogen-bond donors (Lipinski definition) is 2. The van der Waals surface area contributed by atoms with E-state index < -0.39 is 5.97 Å². The molecule has 0 bridgehead atoms. The van der Waals surface area contributed by atoms with Crippen molar-refractivity contribution in [3.63, 3.8) is 0 Å². The lowest BCUT2D eigenvalue weighted by molar-refractivity contribution is -0.142. The molecule has 1 heterocycles. The Morgan fingerprint density at radius 2 is 2.05 bits per heavy atom. The van der Waals surface area contributed by atoms with Crippen molar-refractivity contribution in [2.24, 2.45) is 0 Å². The third kappa shape index (κ3) is 5.27. The zero-order valence-corrected chi connectivity index (χ0v) is 12.6. The summed E-state index contributed by atoms with van der Waals surface area (Å²) in [6.07, 6.45) is 0.695. The van der Waals surface area contributed by atoms with Crippen LogP contribution in [0, 0.1) is 0 Å². The van der Waals surface area contributed by atoms with E-state index in [1.54, 1.807) is 5.38 Å². The molecule has 0 aliphatic heterocycles. The molecule has 2 aromatic rings. The molecule has 0 saturated heterocycles. The summed E-state index contributed by atoms with van der Waals surface area (Å²) in [7, 11) is 0. The maximum absolute atomic E-state index is 11.9. The Bertz CT molecular complexity index is 627. The smallest absolute Gasteiger partial charge is 0.329 e. The van der Waals surface area contributed by atoms with E-state index in [1.807, 2.05) is 30.3 Å². The zero-order chi connectivity index (χ0) is 15.8. The van der Waals surface area contributed by atoms with Crippen LogP contribution in [0.4, 0.5) is 0 Å². The number of thiazole rings is 1. The van der Waals surface area contributed by atoms with Gasteiger partial charge in [0.15, 0.2) is 0 Å². The largest absolute Gasteiger partial charge is 0.480 e. The molecule has 1 aromatic carbocycles. The SMILES string of the molecule is O=C(O)COCCNC(=O)c1csc(Cc2ccccc2)n1. The second-order valence-electron chi connectivity index (χ2n) is 4.49. The molecule has 116 valence electrons. The van der Waals surface area contributed by atoms with Crippen LogP contribution in [0.1, 0.15) is 21.1 Å². The molecule has 0 fully saturated rings. The Labute approximate surface area is 131 Å². The van der Waals surface area contributed by atoms with Gasteiger partial charge >= 0.3 is 5.97 Å². The first-order chi connectivity index (χ1) is 10.6. The van der Waals surface area contributed by atoms with Gasteiger partial charge in [-0.2, -0.15) is 0 Å². The average molecular weight is 320 g/mol. The molecule has 22 heavy (non-hydrogen) atoms. The average Bonchev–Trinajstić information content (AvgIpc) is 2.96. The summed E-state index contributed by atoms with van der Waals surface area (Å²) in [4.78, 5) is 26.4. The first-order valence-corrected chi connectivity index (χ1v) is 7.59. The fraction of sp³-hybridized carbons (Fsp3) is 0.267. The van der Waals surface area contributed by atoms with Crippen LogP contribution >= 0.6 is 11.3 Å². The van der Waals surface area contributed by atoms with E-state index in [-0.39, 0.29) is 25.7 Å². The number of carbonyl (C=O) groups is 2. The Morgan fingerprint density at radius 3 is 2.77 bits per heavy atom. The van der Waals surface area contributed by atoms with Crippen LogP contribution < -0.4 is 5.32 Å². The number of nitrogens with one attached hydrogen (secondary N) is 1. The summed E-state index contributed by atoms with van der Waals surface area (Å²) < 4.78 is 4.83.